The predicted octanol–water partition coefficient (Wildman–Crippen LogP) is 16.4. The molecule has 6 aromatic carbocycles. The van der Waals surface area contributed by atoms with Gasteiger partial charge < -0.3 is 9.80 Å². The van der Waals surface area contributed by atoms with Crippen molar-refractivity contribution in [1.82, 2.24) is 0 Å². The third-order valence-electron chi connectivity index (χ3n) is 18.4. The second kappa shape index (κ2) is 13.7. The number of aryl methyl sites for hydroxylation is 1. The van der Waals surface area contributed by atoms with E-state index in [1.54, 1.807) is 0 Å². The van der Waals surface area contributed by atoms with E-state index in [0.717, 1.165) is 6.42 Å². The van der Waals surface area contributed by atoms with Gasteiger partial charge in [-0.15, -0.1) is 11.3 Å². The zero-order valence-electron chi connectivity index (χ0n) is 44.1. The molecule has 2 nitrogen and oxygen atoms in total. The van der Waals surface area contributed by atoms with Crippen molar-refractivity contribution in [2.24, 2.45) is 0 Å². The molecule has 0 saturated carbocycles. The summed E-state index contributed by atoms with van der Waals surface area (Å²) in [5.74, 6) is 0. The van der Waals surface area contributed by atoms with Crippen LogP contribution in [-0.4, -0.2) is 6.71 Å². The lowest BCUT2D eigenvalue weighted by Gasteiger charge is -2.48. The monoisotopic (exact) mass is 913 g/mol. The van der Waals surface area contributed by atoms with Crippen LogP contribution in [0.3, 0.4) is 0 Å². The Labute approximate surface area is 412 Å². The standard InChI is InChI=1S/C64H73BN2S/c1-37-27-42-45(61(9,10)25-23-59(42,5)6)33-50(37)67-52-35-47-44(63(13,14)36-64(47,15)16)32-49(52)65-48-31-43-46(62(11,12)26-24-60(43,7)8)34-51(48)66(53-28-38(58(2,3)4)29-54(67)57(53)65)39-21-22-56-41(30-39)40-19-17-18-20-55(40)68-56/h17-22,27-35H,23-26,36H2,1-16H3. The number of hydrogen-bond acceptors (Lipinski definition) is 3. The van der Waals surface area contributed by atoms with Crippen LogP contribution in [0.4, 0.5) is 34.1 Å². The summed E-state index contributed by atoms with van der Waals surface area (Å²) in [6.45, 7) is 39.6. The Balaban J connectivity index is 1.25. The van der Waals surface area contributed by atoms with Gasteiger partial charge in [-0.1, -0.05) is 140 Å². The molecule has 0 saturated heterocycles. The first-order chi connectivity index (χ1) is 31.7. The molecule has 3 aliphatic carbocycles. The molecule has 348 valence electrons. The molecule has 0 amide bonds. The van der Waals surface area contributed by atoms with Crippen molar-refractivity contribution in [2.45, 2.75) is 181 Å². The van der Waals surface area contributed by atoms with Crippen molar-refractivity contribution >= 4 is 88.7 Å². The van der Waals surface area contributed by atoms with Crippen LogP contribution in [0, 0.1) is 6.92 Å². The first kappa shape index (κ1) is 44.4. The molecular weight excluding hydrogens is 840 g/mol. The molecule has 7 aromatic rings. The minimum Gasteiger partial charge on any atom is -0.311 e. The lowest BCUT2D eigenvalue weighted by Crippen LogP contribution is -2.62. The third-order valence-corrected chi connectivity index (χ3v) is 19.6. The highest BCUT2D eigenvalue weighted by Gasteiger charge is 2.50. The molecule has 0 bridgehead atoms. The summed E-state index contributed by atoms with van der Waals surface area (Å²) < 4.78 is 2.69. The molecule has 0 fully saturated rings. The number of fused-ring (bicyclic) bond motifs is 10. The van der Waals surface area contributed by atoms with Crippen molar-refractivity contribution in [3.8, 4) is 0 Å². The van der Waals surface area contributed by atoms with Crippen LogP contribution in [0.1, 0.15) is 180 Å². The normalized spacial score (nSPS) is 20.7. The second-order valence-electron chi connectivity index (χ2n) is 27.1. The van der Waals surface area contributed by atoms with Crippen molar-refractivity contribution in [3.05, 3.63) is 136 Å². The molecule has 0 radical (unpaired) electrons. The summed E-state index contributed by atoms with van der Waals surface area (Å²) in [6.07, 6.45) is 5.90. The third kappa shape index (κ3) is 6.20. The summed E-state index contributed by atoms with van der Waals surface area (Å²) in [4.78, 5) is 5.50. The highest BCUT2D eigenvalue weighted by Crippen LogP contribution is 2.56. The Morgan fingerprint density at radius 3 is 1.49 bits per heavy atom. The summed E-state index contributed by atoms with van der Waals surface area (Å²) in [7, 11) is 0. The second-order valence-corrected chi connectivity index (χ2v) is 28.2. The average molecular weight is 913 g/mol. The molecule has 3 heterocycles. The number of anilines is 6. The predicted molar refractivity (Wildman–Crippen MR) is 298 cm³/mol. The van der Waals surface area contributed by atoms with Crippen LogP contribution >= 0.6 is 11.3 Å². The van der Waals surface area contributed by atoms with E-state index < -0.39 is 0 Å². The molecule has 0 N–H and O–H groups in total. The van der Waals surface area contributed by atoms with Crippen molar-refractivity contribution in [2.75, 3.05) is 9.80 Å². The fourth-order valence-corrected chi connectivity index (χ4v) is 15.4. The van der Waals surface area contributed by atoms with Crippen LogP contribution < -0.4 is 26.2 Å². The maximum Gasteiger partial charge on any atom is 0.252 e. The van der Waals surface area contributed by atoms with Gasteiger partial charge >= 0.3 is 0 Å². The van der Waals surface area contributed by atoms with E-state index in [4.69, 9.17) is 0 Å². The number of nitrogens with zero attached hydrogens (tertiary/aromatic N) is 2. The summed E-state index contributed by atoms with van der Waals surface area (Å²) in [5.41, 5.74) is 24.5. The minimum absolute atomic E-state index is 0.0512. The molecule has 12 rings (SSSR count). The fraction of sp³-hybridized carbons (Fsp3) is 0.438. The van der Waals surface area contributed by atoms with Gasteiger partial charge in [0.15, 0.2) is 0 Å². The van der Waals surface area contributed by atoms with Crippen LogP contribution in [0.2, 0.25) is 0 Å². The Morgan fingerprint density at radius 2 is 0.912 bits per heavy atom. The molecule has 5 aliphatic rings. The zero-order valence-corrected chi connectivity index (χ0v) is 44.9. The number of benzene rings is 6. The highest BCUT2D eigenvalue weighted by atomic mass is 32.1. The Kier molecular flexibility index (Phi) is 8.98. The quantitative estimate of drug-likeness (QED) is 0.159. The van der Waals surface area contributed by atoms with Crippen molar-refractivity contribution < 1.29 is 0 Å². The van der Waals surface area contributed by atoms with E-state index in [0.29, 0.717) is 0 Å². The van der Waals surface area contributed by atoms with Gasteiger partial charge in [0.1, 0.15) is 0 Å². The number of thiophene rings is 1. The number of rotatable bonds is 2. The molecule has 1 aromatic heterocycles. The fourth-order valence-electron chi connectivity index (χ4n) is 14.3. The maximum atomic E-state index is 2.78. The van der Waals surface area contributed by atoms with Crippen LogP contribution in [0.25, 0.3) is 20.2 Å². The Bertz CT molecular complexity index is 3340. The molecule has 0 spiro atoms. The van der Waals surface area contributed by atoms with E-state index in [-0.39, 0.29) is 44.6 Å². The molecule has 2 aliphatic heterocycles. The van der Waals surface area contributed by atoms with E-state index in [9.17, 15) is 0 Å². The van der Waals surface area contributed by atoms with Gasteiger partial charge in [0.05, 0.1) is 0 Å². The first-order valence-electron chi connectivity index (χ1n) is 25.9. The zero-order chi connectivity index (χ0) is 48.2. The summed E-state index contributed by atoms with van der Waals surface area (Å²) >= 11 is 1.91. The van der Waals surface area contributed by atoms with Gasteiger partial charge in [-0.25, -0.2) is 0 Å². The van der Waals surface area contributed by atoms with Crippen LogP contribution in [0.5, 0.6) is 0 Å². The van der Waals surface area contributed by atoms with Gasteiger partial charge in [-0.05, 0) is 192 Å². The summed E-state index contributed by atoms with van der Waals surface area (Å²) in [6, 6.07) is 37.6. The van der Waals surface area contributed by atoms with Gasteiger partial charge in [-0.2, -0.15) is 0 Å². The molecule has 0 atom stereocenters. The average Bonchev–Trinajstić information content (AvgIpc) is 3.71. The molecular formula is C64H73BN2S. The van der Waals surface area contributed by atoms with E-state index in [1.165, 1.54) is 141 Å². The van der Waals surface area contributed by atoms with E-state index in [2.05, 4.69) is 212 Å². The van der Waals surface area contributed by atoms with Crippen molar-refractivity contribution in [3.63, 3.8) is 0 Å². The van der Waals surface area contributed by atoms with Crippen molar-refractivity contribution in [1.29, 1.82) is 0 Å². The van der Waals surface area contributed by atoms with Gasteiger partial charge in [0.25, 0.3) is 6.71 Å². The maximum absolute atomic E-state index is 2.78. The van der Waals surface area contributed by atoms with Crippen LogP contribution in [0.15, 0.2) is 91.0 Å². The smallest absolute Gasteiger partial charge is 0.252 e. The minimum atomic E-state index is -0.102. The number of hydrogen-bond donors (Lipinski definition) is 0. The molecule has 0 unspecified atom stereocenters. The molecule has 4 heteroatoms. The Hall–Kier alpha value is -4.80. The van der Waals surface area contributed by atoms with Gasteiger partial charge in [0.2, 0.25) is 0 Å². The van der Waals surface area contributed by atoms with Crippen LogP contribution in [-0.2, 0) is 37.9 Å². The lowest BCUT2D eigenvalue weighted by molar-refractivity contribution is 0.332. The SMILES string of the molecule is Cc1cc2c(cc1N1c3cc4c(cc3B3c5cc6c(cc5N(c5ccc7sc8ccccc8c7c5)c5cc(C(C)(C)C)cc1c53)C(C)(C)CCC6(C)C)C(C)(C)CC4(C)C)C(C)(C)CCC2(C)C. The first-order valence-corrected chi connectivity index (χ1v) is 26.7. The van der Waals surface area contributed by atoms with Gasteiger partial charge in [-0.3, -0.25) is 0 Å². The Morgan fingerprint density at radius 1 is 0.456 bits per heavy atom. The highest BCUT2D eigenvalue weighted by molar-refractivity contribution is 7.25. The van der Waals surface area contributed by atoms with E-state index in [1.807, 2.05) is 11.3 Å². The summed E-state index contributed by atoms with van der Waals surface area (Å²) in [5, 5.41) is 2.69. The topological polar surface area (TPSA) is 6.48 Å². The van der Waals surface area contributed by atoms with E-state index >= 15 is 0 Å². The largest absolute Gasteiger partial charge is 0.311 e. The molecule has 68 heavy (non-hydrogen) atoms. The lowest BCUT2D eigenvalue weighted by atomic mass is 9.32. The van der Waals surface area contributed by atoms with Gasteiger partial charge in [0, 0.05) is 54.3 Å².